The van der Waals surface area contributed by atoms with Gasteiger partial charge in [0.15, 0.2) is 6.61 Å². The first-order valence-corrected chi connectivity index (χ1v) is 7.56. The van der Waals surface area contributed by atoms with E-state index in [-0.39, 0.29) is 30.2 Å². The Morgan fingerprint density at radius 3 is 2.33 bits per heavy atom. The fourth-order valence-electron chi connectivity index (χ4n) is 2.16. The Morgan fingerprint density at radius 2 is 1.81 bits per heavy atom. The van der Waals surface area contributed by atoms with Crippen LogP contribution in [-0.4, -0.2) is 35.5 Å². The molecule has 5 nitrogen and oxygen atoms in total. The van der Waals surface area contributed by atoms with Gasteiger partial charge in [-0.25, -0.2) is 4.79 Å². The topological polar surface area (TPSA) is 72.6 Å². The van der Waals surface area contributed by atoms with Gasteiger partial charge < -0.3 is 15.4 Å². The number of nitrogens with zero attached hydrogens (tertiary/aromatic N) is 1. The van der Waals surface area contributed by atoms with E-state index in [2.05, 4.69) is 15.9 Å². The van der Waals surface area contributed by atoms with Gasteiger partial charge in [-0.1, -0.05) is 15.9 Å². The third kappa shape index (κ3) is 4.74. The number of esters is 1. The van der Waals surface area contributed by atoms with Crippen LogP contribution in [0, 0.1) is 0 Å². The summed E-state index contributed by atoms with van der Waals surface area (Å²) < 4.78 is 5.80. The summed E-state index contributed by atoms with van der Waals surface area (Å²) in [6, 6.07) is 5.01. The van der Waals surface area contributed by atoms with E-state index in [1.165, 1.54) is 0 Å². The number of rotatable bonds is 5. The zero-order chi connectivity index (χ0) is 16.2. The van der Waals surface area contributed by atoms with Gasteiger partial charge in [0, 0.05) is 22.2 Å². The van der Waals surface area contributed by atoms with Crippen LogP contribution in [0.4, 0.5) is 5.69 Å². The lowest BCUT2D eigenvalue weighted by molar-refractivity contribution is -0.138. The second kappa shape index (κ2) is 7.45. The van der Waals surface area contributed by atoms with Crippen LogP contribution in [0.2, 0.25) is 0 Å². The number of nitrogen functional groups attached to an aromatic ring is 1. The van der Waals surface area contributed by atoms with E-state index in [0.29, 0.717) is 5.69 Å². The minimum Gasteiger partial charge on any atom is -0.452 e. The minimum absolute atomic E-state index is 0.0483. The third-order valence-corrected chi connectivity index (χ3v) is 3.46. The Labute approximate surface area is 133 Å². The summed E-state index contributed by atoms with van der Waals surface area (Å²) in [4.78, 5) is 25.8. The van der Waals surface area contributed by atoms with Crippen LogP contribution < -0.4 is 5.73 Å². The minimum atomic E-state index is -0.602. The molecule has 0 unspecified atom stereocenters. The highest BCUT2D eigenvalue weighted by molar-refractivity contribution is 9.10. The standard InChI is InChI=1S/C15H21BrN2O3/c1-9(2)18(10(3)4)14(19)8-21-15(20)12-7-11(16)5-6-13(12)17/h5-7,9-10H,8,17H2,1-4H3. The van der Waals surface area contributed by atoms with Gasteiger partial charge >= 0.3 is 5.97 Å². The van der Waals surface area contributed by atoms with Gasteiger partial charge in [-0.2, -0.15) is 0 Å². The van der Waals surface area contributed by atoms with Crippen LogP contribution in [-0.2, 0) is 9.53 Å². The fourth-order valence-corrected chi connectivity index (χ4v) is 2.52. The molecule has 2 N–H and O–H groups in total. The van der Waals surface area contributed by atoms with Gasteiger partial charge in [0.1, 0.15) is 0 Å². The summed E-state index contributed by atoms with van der Waals surface area (Å²) >= 11 is 3.27. The molecule has 1 aromatic carbocycles. The van der Waals surface area contributed by atoms with Crippen LogP contribution in [0.5, 0.6) is 0 Å². The highest BCUT2D eigenvalue weighted by atomic mass is 79.9. The molecule has 1 rings (SSSR count). The van der Waals surface area contributed by atoms with Crippen LogP contribution >= 0.6 is 15.9 Å². The molecule has 21 heavy (non-hydrogen) atoms. The van der Waals surface area contributed by atoms with Gasteiger partial charge in [-0.05, 0) is 45.9 Å². The second-order valence-corrected chi connectivity index (χ2v) is 6.21. The molecule has 116 valence electrons. The number of hydrogen-bond acceptors (Lipinski definition) is 4. The number of carbonyl (C=O) groups is 2. The monoisotopic (exact) mass is 356 g/mol. The molecule has 0 heterocycles. The number of amides is 1. The summed E-state index contributed by atoms with van der Waals surface area (Å²) in [6.07, 6.45) is 0. The van der Waals surface area contributed by atoms with E-state index in [1.54, 1.807) is 23.1 Å². The molecule has 0 aliphatic rings. The molecule has 0 spiro atoms. The maximum Gasteiger partial charge on any atom is 0.340 e. The van der Waals surface area contributed by atoms with Crippen molar-refractivity contribution in [1.29, 1.82) is 0 Å². The number of hydrogen-bond donors (Lipinski definition) is 1. The predicted octanol–water partition coefficient (Wildman–Crippen LogP) is 2.83. The Hall–Kier alpha value is -1.56. The van der Waals surface area contributed by atoms with Crippen molar-refractivity contribution in [2.75, 3.05) is 12.3 Å². The van der Waals surface area contributed by atoms with Crippen LogP contribution in [0.1, 0.15) is 38.1 Å². The highest BCUT2D eigenvalue weighted by Gasteiger charge is 2.22. The van der Waals surface area contributed by atoms with Crippen molar-refractivity contribution in [3.05, 3.63) is 28.2 Å². The van der Waals surface area contributed by atoms with E-state index in [9.17, 15) is 9.59 Å². The van der Waals surface area contributed by atoms with Gasteiger partial charge in [0.2, 0.25) is 0 Å². The molecule has 1 amide bonds. The maximum absolute atomic E-state index is 12.1. The lowest BCUT2D eigenvalue weighted by Gasteiger charge is -2.30. The first kappa shape index (κ1) is 17.5. The molecule has 0 saturated heterocycles. The van der Waals surface area contributed by atoms with Crippen molar-refractivity contribution in [2.45, 2.75) is 39.8 Å². The van der Waals surface area contributed by atoms with E-state index in [4.69, 9.17) is 10.5 Å². The summed E-state index contributed by atoms with van der Waals surface area (Å²) in [5.41, 5.74) is 6.30. The molecule has 0 aliphatic carbocycles. The Kier molecular flexibility index (Phi) is 6.20. The van der Waals surface area contributed by atoms with Crippen LogP contribution in [0.3, 0.4) is 0 Å². The molecule has 0 radical (unpaired) electrons. The van der Waals surface area contributed by atoms with Crippen molar-refractivity contribution >= 4 is 33.5 Å². The Balaban J connectivity index is 2.72. The summed E-state index contributed by atoms with van der Waals surface area (Å²) in [6.45, 7) is 7.40. The molecule has 0 fully saturated rings. The summed E-state index contributed by atoms with van der Waals surface area (Å²) in [5.74, 6) is -0.823. The molecule has 1 aromatic rings. The first-order valence-electron chi connectivity index (χ1n) is 6.77. The maximum atomic E-state index is 12.1. The lowest BCUT2D eigenvalue weighted by Crippen LogP contribution is -2.44. The Bertz CT molecular complexity index is 522. The van der Waals surface area contributed by atoms with Crippen molar-refractivity contribution < 1.29 is 14.3 Å². The summed E-state index contributed by atoms with van der Waals surface area (Å²) in [7, 11) is 0. The summed E-state index contributed by atoms with van der Waals surface area (Å²) in [5, 5.41) is 0. The second-order valence-electron chi connectivity index (χ2n) is 5.30. The molecule has 0 saturated carbocycles. The normalized spacial score (nSPS) is 10.8. The van der Waals surface area contributed by atoms with Gasteiger partial charge in [0.05, 0.1) is 5.56 Å². The number of ether oxygens (including phenoxy) is 1. The van der Waals surface area contributed by atoms with Crippen molar-refractivity contribution in [1.82, 2.24) is 4.90 Å². The SMILES string of the molecule is CC(C)N(C(=O)COC(=O)c1cc(Br)ccc1N)C(C)C. The predicted molar refractivity (Wildman–Crippen MR) is 86.0 cm³/mol. The first-order chi connectivity index (χ1) is 9.73. The van der Waals surface area contributed by atoms with Gasteiger partial charge in [0.25, 0.3) is 5.91 Å². The smallest absolute Gasteiger partial charge is 0.340 e. The number of anilines is 1. The zero-order valence-corrected chi connectivity index (χ0v) is 14.3. The number of benzene rings is 1. The van der Waals surface area contributed by atoms with Gasteiger partial charge in [-0.15, -0.1) is 0 Å². The van der Waals surface area contributed by atoms with Gasteiger partial charge in [-0.3, -0.25) is 4.79 Å². The zero-order valence-electron chi connectivity index (χ0n) is 12.7. The van der Waals surface area contributed by atoms with E-state index in [1.807, 2.05) is 27.7 Å². The quantitative estimate of drug-likeness (QED) is 0.650. The fraction of sp³-hybridized carbons (Fsp3) is 0.467. The average molecular weight is 357 g/mol. The van der Waals surface area contributed by atoms with Crippen LogP contribution in [0.25, 0.3) is 0 Å². The van der Waals surface area contributed by atoms with E-state index >= 15 is 0 Å². The molecular formula is C15H21BrN2O3. The number of carbonyl (C=O) groups excluding carboxylic acids is 2. The molecule has 0 aromatic heterocycles. The number of nitrogens with two attached hydrogens (primary N) is 1. The Morgan fingerprint density at radius 1 is 1.24 bits per heavy atom. The van der Waals surface area contributed by atoms with Crippen molar-refractivity contribution in [3.8, 4) is 0 Å². The molecule has 0 atom stereocenters. The molecule has 6 heteroatoms. The van der Waals surface area contributed by atoms with Crippen molar-refractivity contribution in [3.63, 3.8) is 0 Å². The molecular weight excluding hydrogens is 336 g/mol. The average Bonchev–Trinajstić information content (AvgIpc) is 2.38. The van der Waals surface area contributed by atoms with E-state index < -0.39 is 5.97 Å². The van der Waals surface area contributed by atoms with Crippen LogP contribution in [0.15, 0.2) is 22.7 Å². The number of halogens is 1. The molecule has 0 bridgehead atoms. The lowest BCUT2D eigenvalue weighted by atomic mass is 10.2. The highest BCUT2D eigenvalue weighted by Crippen LogP contribution is 2.19. The van der Waals surface area contributed by atoms with Crippen molar-refractivity contribution in [2.24, 2.45) is 0 Å². The largest absolute Gasteiger partial charge is 0.452 e. The third-order valence-electron chi connectivity index (χ3n) is 2.96. The van der Waals surface area contributed by atoms with E-state index in [0.717, 1.165) is 4.47 Å². The molecule has 0 aliphatic heterocycles.